The molecule has 10 rings (SSSR count). The first-order valence-electron chi connectivity index (χ1n) is 18.2. The summed E-state index contributed by atoms with van der Waals surface area (Å²) in [5.41, 5.74) is 13.4. The lowest BCUT2D eigenvalue weighted by Crippen LogP contribution is -2.33. The third-order valence-corrected chi connectivity index (χ3v) is 10.9. The third kappa shape index (κ3) is 5.17. The summed E-state index contributed by atoms with van der Waals surface area (Å²) in [6, 6.07) is 60.2. The molecule has 252 valence electrons. The lowest BCUT2D eigenvalue weighted by atomic mass is 9.82. The van der Waals surface area contributed by atoms with Gasteiger partial charge in [0.05, 0.1) is 11.2 Å². The average molecular weight is 681 g/mol. The van der Waals surface area contributed by atoms with Crippen molar-refractivity contribution >= 4 is 33.3 Å². The van der Waals surface area contributed by atoms with E-state index in [1.54, 1.807) is 0 Å². The Morgan fingerprint density at radius 1 is 0.509 bits per heavy atom. The monoisotopic (exact) mass is 680 g/mol. The average Bonchev–Trinajstić information content (AvgIpc) is 3.47. The number of rotatable bonds is 5. The molecule has 0 bridgehead atoms. The maximum atomic E-state index is 5.36. The van der Waals surface area contributed by atoms with Gasteiger partial charge in [-0.05, 0) is 68.6 Å². The van der Waals surface area contributed by atoms with Gasteiger partial charge in [-0.3, -0.25) is 0 Å². The van der Waals surface area contributed by atoms with Crippen molar-refractivity contribution in [2.45, 2.75) is 25.4 Å². The highest BCUT2D eigenvalue weighted by Crippen LogP contribution is 2.52. The van der Waals surface area contributed by atoms with Crippen LogP contribution in [0.15, 0.2) is 180 Å². The predicted octanol–water partition coefficient (Wildman–Crippen LogP) is 11.5. The van der Waals surface area contributed by atoms with E-state index >= 15 is 0 Å². The van der Waals surface area contributed by atoms with Crippen LogP contribution in [0.2, 0.25) is 0 Å². The summed E-state index contributed by atoms with van der Waals surface area (Å²) < 4.78 is 0. The summed E-state index contributed by atoms with van der Waals surface area (Å²) in [6.07, 6.45) is -0.306. The molecule has 8 aromatic rings. The molecule has 1 unspecified atom stereocenters. The number of amidine groups is 2. The van der Waals surface area contributed by atoms with Crippen LogP contribution in [0.25, 0.3) is 55.2 Å². The maximum Gasteiger partial charge on any atom is 0.159 e. The number of para-hydroxylation sites is 1. The quantitative estimate of drug-likeness (QED) is 0.184. The van der Waals surface area contributed by atoms with E-state index in [9.17, 15) is 0 Å². The second kappa shape index (κ2) is 12.2. The Bertz CT molecular complexity index is 2780. The van der Waals surface area contributed by atoms with E-state index in [1.165, 1.54) is 33.2 Å². The van der Waals surface area contributed by atoms with Crippen LogP contribution in [0, 0.1) is 0 Å². The predicted molar refractivity (Wildman–Crippen MR) is 220 cm³/mol. The summed E-state index contributed by atoms with van der Waals surface area (Å²) >= 11 is 0. The smallest absolute Gasteiger partial charge is 0.159 e. The molecule has 0 spiro atoms. The van der Waals surface area contributed by atoms with Crippen LogP contribution in [-0.4, -0.2) is 16.7 Å². The summed E-state index contributed by atoms with van der Waals surface area (Å²) in [4.78, 5) is 15.9. The number of pyridine rings is 1. The molecule has 0 saturated heterocycles. The molecule has 7 aromatic carbocycles. The highest BCUT2D eigenvalue weighted by atomic mass is 15.2. The number of hydrogen-bond acceptors (Lipinski definition) is 4. The molecule has 2 aliphatic rings. The maximum absolute atomic E-state index is 5.36. The van der Waals surface area contributed by atoms with Crippen LogP contribution in [0.1, 0.15) is 47.8 Å². The topological polar surface area (TPSA) is 49.6 Å². The molecular formula is C49H36N4. The lowest BCUT2D eigenvalue weighted by Gasteiger charge is -2.24. The Balaban J connectivity index is 1.26. The van der Waals surface area contributed by atoms with E-state index in [0.717, 1.165) is 55.6 Å². The Hall–Kier alpha value is -6.65. The van der Waals surface area contributed by atoms with Gasteiger partial charge in [-0.1, -0.05) is 159 Å². The zero-order valence-electron chi connectivity index (χ0n) is 29.6. The molecule has 0 amide bonds. The molecule has 2 heterocycles. The SMILES string of the molecule is CC1(C)c2ccccc2-c2c(-c3cc(C4=NC(c5ccccc5)NC(c5ccccc5)=N4)cc(-c4nc5ccccc5c5ccccc45)c3)cccc21. The number of aromatic nitrogens is 1. The van der Waals surface area contributed by atoms with Crippen molar-refractivity contribution < 1.29 is 0 Å². The zero-order valence-corrected chi connectivity index (χ0v) is 29.6. The van der Waals surface area contributed by atoms with Gasteiger partial charge in [-0.15, -0.1) is 0 Å². The van der Waals surface area contributed by atoms with Gasteiger partial charge in [0.2, 0.25) is 0 Å². The number of aliphatic imine (C=N–C) groups is 2. The number of nitrogens with zero attached hydrogens (tertiary/aromatic N) is 3. The summed E-state index contributed by atoms with van der Waals surface area (Å²) in [5.74, 6) is 1.47. The van der Waals surface area contributed by atoms with E-state index in [4.69, 9.17) is 15.0 Å². The Kier molecular flexibility index (Phi) is 7.19. The minimum Gasteiger partial charge on any atom is -0.344 e. The first-order valence-corrected chi connectivity index (χ1v) is 18.2. The summed E-state index contributed by atoms with van der Waals surface area (Å²) in [6.45, 7) is 4.67. The molecule has 0 radical (unpaired) electrons. The fourth-order valence-electron chi connectivity index (χ4n) is 8.30. The van der Waals surface area contributed by atoms with Crippen molar-refractivity contribution in [3.63, 3.8) is 0 Å². The third-order valence-electron chi connectivity index (χ3n) is 10.9. The molecule has 4 nitrogen and oxygen atoms in total. The number of benzene rings is 7. The number of nitrogens with one attached hydrogen (secondary N) is 1. The van der Waals surface area contributed by atoms with Gasteiger partial charge >= 0.3 is 0 Å². The van der Waals surface area contributed by atoms with Gasteiger partial charge in [-0.25, -0.2) is 15.0 Å². The van der Waals surface area contributed by atoms with Crippen LogP contribution in [0.3, 0.4) is 0 Å². The Morgan fingerprint density at radius 3 is 1.96 bits per heavy atom. The van der Waals surface area contributed by atoms with Crippen LogP contribution in [0.5, 0.6) is 0 Å². The van der Waals surface area contributed by atoms with Gasteiger partial charge in [0.15, 0.2) is 5.84 Å². The Morgan fingerprint density at radius 2 is 1.13 bits per heavy atom. The van der Waals surface area contributed by atoms with E-state index in [-0.39, 0.29) is 11.6 Å². The molecular weight excluding hydrogens is 645 g/mol. The van der Waals surface area contributed by atoms with Crippen LogP contribution in [0.4, 0.5) is 0 Å². The van der Waals surface area contributed by atoms with Crippen molar-refractivity contribution in [3.05, 3.63) is 198 Å². The first-order chi connectivity index (χ1) is 26.0. The fraction of sp³-hybridized carbons (Fsp3) is 0.0816. The molecule has 1 aromatic heterocycles. The molecule has 0 fully saturated rings. The van der Waals surface area contributed by atoms with Gasteiger partial charge in [0.25, 0.3) is 0 Å². The van der Waals surface area contributed by atoms with E-state index in [2.05, 4.69) is 165 Å². The second-order valence-corrected chi connectivity index (χ2v) is 14.5. The van der Waals surface area contributed by atoms with E-state index in [0.29, 0.717) is 5.84 Å². The molecule has 0 saturated carbocycles. The zero-order chi connectivity index (χ0) is 35.5. The number of fused-ring (bicyclic) bond motifs is 6. The molecule has 53 heavy (non-hydrogen) atoms. The van der Waals surface area contributed by atoms with Gasteiger partial charge < -0.3 is 5.32 Å². The van der Waals surface area contributed by atoms with Crippen molar-refractivity contribution in [2.24, 2.45) is 9.98 Å². The van der Waals surface area contributed by atoms with Crippen molar-refractivity contribution in [1.29, 1.82) is 0 Å². The standard InChI is InChI=1S/C49H36N4/c1-49(2)41-25-13-11-23-40(41)44-36(24-15-26-42(44)49)33-28-34(45-39-22-10-9-20-37(39)38-21-12-14-27-43(38)50-45)30-35(29-33)48-52-46(31-16-5-3-6-17-31)51-47(53-48)32-18-7-4-8-19-32/h3-30,46H,1-2H3,(H,51,52,53). The molecule has 1 aliphatic carbocycles. The molecule has 4 heteroatoms. The second-order valence-electron chi connectivity index (χ2n) is 14.5. The van der Waals surface area contributed by atoms with Crippen molar-refractivity contribution in [1.82, 2.24) is 10.3 Å². The van der Waals surface area contributed by atoms with Gasteiger partial charge in [-0.2, -0.15) is 0 Å². The van der Waals surface area contributed by atoms with Crippen molar-refractivity contribution in [3.8, 4) is 33.5 Å². The largest absolute Gasteiger partial charge is 0.344 e. The van der Waals surface area contributed by atoms with Crippen LogP contribution >= 0.6 is 0 Å². The fourth-order valence-corrected chi connectivity index (χ4v) is 8.30. The van der Waals surface area contributed by atoms with Crippen molar-refractivity contribution in [2.75, 3.05) is 0 Å². The van der Waals surface area contributed by atoms with Gasteiger partial charge in [0, 0.05) is 32.9 Å². The lowest BCUT2D eigenvalue weighted by molar-refractivity contribution is 0.660. The number of hydrogen-bond donors (Lipinski definition) is 1. The molecule has 1 atom stereocenters. The van der Waals surface area contributed by atoms with E-state index < -0.39 is 0 Å². The first kappa shape index (κ1) is 31.1. The summed E-state index contributed by atoms with van der Waals surface area (Å²) in [5, 5.41) is 7.07. The molecule has 1 aliphatic heterocycles. The Labute approximate surface area is 309 Å². The van der Waals surface area contributed by atoms with Crippen LogP contribution < -0.4 is 5.32 Å². The van der Waals surface area contributed by atoms with Gasteiger partial charge in [0.1, 0.15) is 12.0 Å². The van der Waals surface area contributed by atoms with Crippen LogP contribution in [-0.2, 0) is 5.41 Å². The highest BCUT2D eigenvalue weighted by molar-refractivity contribution is 6.15. The van der Waals surface area contributed by atoms with E-state index in [1.807, 2.05) is 24.3 Å². The molecule has 1 N–H and O–H groups in total. The minimum atomic E-state index is -0.306. The normalized spacial score (nSPS) is 15.7. The minimum absolute atomic E-state index is 0.116. The summed E-state index contributed by atoms with van der Waals surface area (Å²) in [7, 11) is 0. The highest BCUT2D eigenvalue weighted by Gasteiger charge is 2.36.